The molecular formula is C24H24FN9O3. The largest absolute Gasteiger partial charge is 0.489 e. The average molecular weight is 506 g/mol. The second-order valence-corrected chi connectivity index (χ2v) is 8.44. The molecule has 1 aliphatic heterocycles. The number of halogens is 1. The molecule has 12 nitrogen and oxygen atoms in total. The molecule has 0 unspecified atom stereocenters. The van der Waals surface area contributed by atoms with Crippen LogP contribution in [-0.4, -0.2) is 55.4 Å². The fourth-order valence-electron chi connectivity index (χ4n) is 3.90. The maximum absolute atomic E-state index is 13.1. The number of amides is 1. The minimum Gasteiger partial charge on any atom is -0.489 e. The maximum Gasteiger partial charge on any atom is 0.292 e. The molecule has 1 saturated heterocycles. The zero-order chi connectivity index (χ0) is 25.6. The number of rotatable bonds is 9. The van der Waals surface area contributed by atoms with E-state index in [1.807, 2.05) is 0 Å². The second-order valence-electron chi connectivity index (χ2n) is 8.44. The first-order valence-electron chi connectivity index (χ1n) is 11.6. The molecule has 0 saturated carbocycles. The third kappa shape index (κ3) is 5.78. The summed E-state index contributed by atoms with van der Waals surface area (Å²) in [5.74, 6) is -0.118. The molecule has 0 radical (unpaired) electrons. The van der Waals surface area contributed by atoms with Crippen molar-refractivity contribution in [2.75, 3.05) is 18.8 Å². The number of hydrazone groups is 1. The standard InChI is InChI=1S/C24H24FN9O3/c25-18-7-3-17(4-8-18)15-36-19-9-5-16(6-10-19)13-27-29-24(35)21-20(14-33-11-1-2-12-33)28-32-34(21)23-22(26)30-37-31-23/h3-10,13H,1-2,11-12,14-15H2,(H2,26,30)(H,29,35)/b27-13-. The van der Waals surface area contributed by atoms with Gasteiger partial charge in [0.25, 0.3) is 5.91 Å². The van der Waals surface area contributed by atoms with Crippen molar-refractivity contribution < 1.29 is 18.6 Å². The first kappa shape index (κ1) is 24.1. The monoisotopic (exact) mass is 505 g/mol. The van der Waals surface area contributed by atoms with Gasteiger partial charge in [-0.25, -0.2) is 14.4 Å². The third-order valence-corrected chi connectivity index (χ3v) is 5.80. The Morgan fingerprint density at radius 3 is 2.59 bits per heavy atom. The molecule has 0 spiro atoms. The van der Waals surface area contributed by atoms with Crippen molar-refractivity contribution >= 4 is 17.9 Å². The van der Waals surface area contributed by atoms with Crippen molar-refractivity contribution in [3.8, 4) is 11.6 Å². The van der Waals surface area contributed by atoms with E-state index in [9.17, 15) is 9.18 Å². The molecule has 2 aromatic carbocycles. The summed E-state index contributed by atoms with van der Waals surface area (Å²) >= 11 is 0. The maximum atomic E-state index is 13.1. The van der Waals surface area contributed by atoms with Gasteiger partial charge in [0.05, 0.1) is 6.21 Å². The summed E-state index contributed by atoms with van der Waals surface area (Å²) in [7, 11) is 0. The third-order valence-electron chi connectivity index (χ3n) is 5.80. The summed E-state index contributed by atoms with van der Waals surface area (Å²) < 4.78 is 24.6. The molecule has 3 N–H and O–H groups in total. The van der Waals surface area contributed by atoms with Crippen LogP contribution in [0.15, 0.2) is 58.3 Å². The number of hydrogen-bond acceptors (Lipinski definition) is 10. The number of aromatic nitrogens is 5. The Bertz CT molecular complexity index is 1380. The normalized spacial score (nSPS) is 13.9. The van der Waals surface area contributed by atoms with E-state index < -0.39 is 5.91 Å². The van der Waals surface area contributed by atoms with E-state index in [1.54, 1.807) is 36.4 Å². The zero-order valence-corrected chi connectivity index (χ0v) is 19.7. The van der Waals surface area contributed by atoms with Gasteiger partial charge in [-0.05, 0) is 83.8 Å². The summed E-state index contributed by atoms with van der Waals surface area (Å²) in [6.45, 7) is 2.61. The van der Waals surface area contributed by atoms with Crippen molar-refractivity contribution in [1.29, 1.82) is 0 Å². The first-order valence-corrected chi connectivity index (χ1v) is 11.6. The van der Waals surface area contributed by atoms with Crippen molar-refractivity contribution in [2.45, 2.75) is 26.0 Å². The van der Waals surface area contributed by atoms with Gasteiger partial charge in [0.15, 0.2) is 5.69 Å². The van der Waals surface area contributed by atoms with E-state index in [0.717, 1.165) is 37.1 Å². The van der Waals surface area contributed by atoms with Gasteiger partial charge in [0.2, 0.25) is 11.6 Å². The van der Waals surface area contributed by atoms with Gasteiger partial charge in [-0.3, -0.25) is 9.69 Å². The number of carbonyl (C=O) groups excluding carboxylic acids is 1. The molecule has 190 valence electrons. The van der Waals surface area contributed by atoms with Crippen LogP contribution < -0.4 is 15.9 Å². The van der Waals surface area contributed by atoms with E-state index in [0.29, 0.717) is 24.6 Å². The molecule has 2 aromatic heterocycles. The molecule has 0 bridgehead atoms. The van der Waals surface area contributed by atoms with Gasteiger partial charge in [-0.1, -0.05) is 17.3 Å². The molecule has 37 heavy (non-hydrogen) atoms. The smallest absolute Gasteiger partial charge is 0.292 e. The molecule has 4 aromatic rings. The quantitative estimate of drug-likeness (QED) is 0.258. The highest BCUT2D eigenvalue weighted by Gasteiger charge is 2.26. The van der Waals surface area contributed by atoms with Crippen molar-refractivity contribution in [3.05, 3.63) is 76.9 Å². The van der Waals surface area contributed by atoms with E-state index in [4.69, 9.17) is 10.5 Å². The van der Waals surface area contributed by atoms with Gasteiger partial charge in [-0.2, -0.15) is 9.78 Å². The molecule has 3 heterocycles. The summed E-state index contributed by atoms with van der Waals surface area (Å²) in [6, 6.07) is 13.3. The lowest BCUT2D eigenvalue weighted by atomic mass is 10.2. The molecule has 13 heteroatoms. The average Bonchev–Trinajstić information content (AvgIpc) is 3.66. The zero-order valence-electron chi connectivity index (χ0n) is 19.7. The van der Waals surface area contributed by atoms with Crippen LogP contribution >= 0.6 is 0 Å². The van der Waals surface area contributed by atoms with Crippen LogP contribution in [0.4, 0.5) is 10.2 Å². The SMILES string of the molecule is Nc1nonc1-n1nnc(CN2CCCC2)c1C(=O)N/N=C\c1ccc(OCc2ccc(F)cc2)cc1. The van der Waals surface area contributed by atoms with E-state index >= 15 is 0 Å². The number of nitrogens with zero attached hydrogens (tertiary/aromatic N) is 7. The van der Waals surface area contributed by atoms with E-state index in [-0.39, 0.29) is 23.1 Å². The highest BCUT2D eigenvalue weighted by atomic mass is 19.1. The molecule has 0 aliphatic carbocycles. The minimum absolute atomic E-state index is 0.0167. The Morgan fingerprint density at radius 2 is 1.89 bits per heavy atom. The van der Waals surface area contributed by atoms with Gasteiger partial charge in [0.1, 0.15) is 23.9 Å². The lowest BCUT2D eigenvalue weighted by Gasteiger charge is -2.13. The number of likely N-dealkylation sites (tertiary alicyclic amines) is 1. The van der Waals surface area contributed by atoms with Crippen LogP contribution in [0.25, 0.3) is 5.82 Å². The number of hydrogen-bond donors (Lipinski definition) is 2. The Labute approximate surface area is 210 Å². The highest BCUT2D eigenvalue weighted by molar-refractivity contribution is 5.95. The summed E-state index contributed by atoms with van der Waals surface area (Å²) in [4.78, 5) is 15.3. The molecule has 5 rings (SSSR count). The van der Waals surface area contributed by atoms with E-state index in [2.05, 4.69) is 40.7 Å². The van der Waals surface area contributed by atoms with E-state index in [1.165, 1.54) is 23.0 Å². The number of nitrogens with one attached hydrogen (secondary N) is 1. The minimum atomic E-state index is -0.530. The van der Waals surface area contributed by atoms with Crippen LogP contribution in [-0.2, 0) is 13.2 Å². The molecule has 1 aliphatic rings. The number of benzene rings is 2. The molecule has 1 fully saturated rings. The van der Waals surface area contributed by atoms with Crippen molar-refractivity contribution in [3.63, 3.8) is 0 Å². The molecule has 1 amide bonds. The summed E-state index contributed by atoms with van der Waals surface area (Å²) in [5, 5.41) is 19.6. The number of nitrogen functional groups attached to an aromatic ring is 1. The van der Waals surface area contributed by atoms with Gasteiger partial charge in [0, 0.05) is 6.54 Å². The van der Waals surface area contributed by atoms with Crippen LogP contribution in [0.1, 0.15) is 40.2 Å². The molecular weight excluding hydrogens is 481 g/mol. The fraction of sp³-hybridized carbons (Fsp3) is 0.250. The predicted molar refractivity (Wildman–Crippen MR) is 130 cm³/mol. The highest BCUT2D eigenvalue weighted by Crippen LogP contribution is 2.19. The predicted octanol–water partition coefficient (Wildman–Crippen LogP) is 2.31. The lowest BCUT2D eigenvalue weighted by molar-refractivity contribution is 0.0945. The van der Waals surface area contributed by atoms with Crippen LogP contribution in [0.5, 0.6) is 5.75 Å². The number of ether oxygens (including phenoxy) is 1. The summed E-state index contributed by atoms with van der Waals surface area (Å²) in [6.07, 6.45) is 3.69. The summed E-state index contributed by atoms with van der Waals surface area (Å²) in [5.41, 5.74) is 10.5. The van der Waals surface area contributed by atoms with Gasteiger partial charge >= 0.3 is 0 Å². The lowest BCUT2D eigenvalue weighted by Crippen LogP contribution is -2.26. The second kappa shape index (κ2) is 11.0. The Balaban J connectivity index is 1.24. The Kier molecular flexibility index (Phi) is 7.12. The van der Waals surface area contributed by atoms with Crippen molar-refractivity contribution in [1.82, 2.24) is 35.6 Å². The number of nitrogens with two attached hydrogens (primary N) is 1. The Hall–Kier alpha value is -4.65. The van der Waals surface area contributed by atoms with Gasteiger partial charge < -0.3 is 10.5 Å². The van der Waals surface area contributed by atoms with Crippen LogP contribution in [0.3, 0.4) is 0 Å². The Morgan fingerprint density at radius 1 is 1.14 bits per heavy atom. The van der Waals surface area contributed by atoms with Gasteiger partial charge in [-0.15, -0.1) is 5.10 Å². The van der Waals surface area contributed by atoms with Crippen molar-refractivity contribution in [2.24, 2.45) is 5.10 Å². The molecule has 0 atom stereocenters. The van der Waals surface area contributed by atoms with Crippen LogP contribution in [0, 0.1) is 5.82 Å². The number of carbonyl (C=O) groups is 1. The topological polar surface area (TPSA) is 150 Å². The first-order chi connectivity index (χ1) is 18.1. The number of anilines is 1. The fourth-order valence-corrected chi connectivity index (χ4v) is 3.90. The van der Waals surface area contributed by atoms with Crippen LogP contribution in [0.2, 0.25) is 0 Å².